The topological polar surface area (TPSA) is 69.9 Å². The first-order valence-electron chi connectivity index (χ1n) is 8.75. The zero-order valence-corrected chi connectivity index (χ0v) is 16.5. The van der Waals surface area contributed by atoms with E-state index in [-0.39, 0.29) is 17.9 Å². The van der Waals surface area contributed by atoms with E-state index >= 15 is 0 Å². The molecular formula is C20H21F2N3O2S. The summed E-state index contributed by atoms with van der Waals surface area (Å²) in [5, 5.41) is 2.87. The highest BCUT2D eigenvalue weighted by Crippen LogP contribution is 2.24. The van der Waals surface area contributed by atoms with Crippen LogP contribution in [0.25, 0.3) is 11.0 Å². The van der Waals surface area contributed by atoms with Crippen molar-refractivity contribution in [1.82, 2.24) is 15.3 Å². The van der Waals surface area contributed by atoms with E-state index in [1.165, 1.54) is 18.2 Å². The van der Waals surface area contributed by atoms with Gasteiger partial charge >= 0.3 is 0 Å². The van der Waals surface area contributed by atoms with Crippen molar-refractivity contribution < 1.29 is 18.3 Å². The molecule has 1 atom stereocenters. The van der Waals surface area contributed by atoms with E-state index in [1.807, 2.05) is 20.8 Å². The third-order valence-electron chi connectivity index (χ3n) is 4.43. The van der Waals surface area contributed by atoms with Crippen LogP contribution in [0, 0.1) is 21.8 Å². The molecule has 0 fully saturated rings. The fourth-order valence-corrected chi connectivity index (χ4v) is 2.98. The van der Waals surface area contributed by atoms with Gasteiger partial charge in [-0.25, -0.2) is 8.78 Å². The molecule has 0 spiro atoms. The molecule has 2 aromatic carbocycles. The Bertz CT molecular complexity index is 1070. The zero-order chi connectivity index (χ0) is 20.5. The number of aromatic amines is 2. The number of nitrogens with one attached hydrogen (secondary N) is 3. The van der Waals surface area contributed by atoms with Crippen LogP contribution in [0.1, 0.15) is 31.1 Å². The number of aromatic nitrogens is 2. The SMILES string of the molecule is CC(C)(C)C(COc1ccccc1F)NC(=O)c1cc(F)cc2[nH]c(=S)[nH]c12. The van der Waals surface area contributed by atoms with Gasteiger partial charge in [0.15, 0.2) is 16.3 Å². The smallest absolute Gasteiger partial charge is 0.253 e. The van der Waals surface area contributed by atoms with Gasteiger partial charge in [0.1, 0.15) is 12.4 Å². The van der Waals surface area contributed by atoms with Gasteiger partial charge in [0, 0.05) is 0 Å². The number of imidazole rings is 1. The third-order valence-corrected chi connectivity index (χ3v) is 4.63. The van der Waals surface area contributed by atoms with Gasteiger partial charge in [0.25, 0.3) is 5.91 Å². The predicted molar refractivity (Wildman–Crippen MR) is 106 cm³/mol. The van der Waals surface area contributed by atoms with Crippen LogP contribution in [0.2, 0.25) is 0 Å². The molecule has 0 saturated heterocycles. The Hall–Kier alpha value is -2.74. The van der Waals surface area contributed by atoms with Gasteiger partial charge in [-0.2, -0.15) is 0 Å². The number of fused-ring (bicyclic) bond motifs is 1. The van der Waals surface area contributed by atoms with E-state index in [0.29, 0.717) is 15.8 Å². The first-order chi connectivity index (χ1) is 13.1. The summed E-state index contributed by atoms with van der Waals surface area (Å²) < 4.78 is 33.6. The normalized spacial score (nSPS) is 12.8. The maximum Gasteiger partial charge on any atom is 0.253 e. The van der Waals surface area contributed by atoms with Crippen LogP contribution in [-0.2, 0) is 0 Å². The van der Waals surface area contributed by atoms with Crippen molar-refractivity contribution in [3.63, 3.8) is 0 Å². The monoisotopic (exact) mass is 405 g/mol. The number of para-hydroxylation sites is 1. The number of carbonyl (C=O) groups is 1. The molecule has 1 heterocycles. The Morgan fingerprint density at radius 3 is 2.61 bits per heavy atom. The van der Waals surface area contributed by atoms with Gasteiger partial charge in [0.05, 0.1) is 22.6 Å². The molecule has 1 aromatic heterocycles. The fraction of sp³-hybridized carbons (Fsp3) is 0.300. The molecule has 0 bridgehead atoms. The number of amides is 1. The fourth-order valence-electron chi connectivity index (χ4n) is 2.77. The quantitative estimate of drug-likeness (QED) is 0.538. The standard InChI is InChI=1S/C20H21F2N3O2S/c1-20(2,3)16(10-27-15-7-5-4-6-13(15)22)24-18(26)12-8-11(21)9-14-17(12)25-19(28)23-14/h4-9,16H,10H2,1-3H3,(H,24,26)(H2,23,25,28). The molecule has 0 aliphatic heterocycles. The van der Waals surface area contributed by atoms with Gasteiger partial charge in [-0.3, -0.25) is 4.79 Å². The number of carbonyl (C=O) groups excluding carboxylic acids is 1. The Balaban J connectivity index is 1.84. The lowest BCUT2D eigenvalue weighted by molar-refractivity contribution is 0.0861. The summed E-state index contributed by atoms with van der Waals surface area (Å²) in [6.45, 7) is 5.83. The van der Waals surface area contributed by atoms with Gasteiger partial charge in [-0.1, -0.05) is 32.9 Å². The molecular weight excluding hydrogens is 384 g/mol. The van der Waals surface area contributed by atoms with E-state index in [1.54, 1.807) is 12.1 Å². The Kier molecular flexibility index (Phi) is 5.51. The summed E-state index contributed by atoms with van der Waals surface area (Å²) in [5.74, 6) is -1.41. The number of rotatable bonds is 5. The molecule has 3 N–H and O–H groups in total. The van der Waals surface area contributed by atoms with Crippen LogP contribution < -0.4 is 10.1 Å². The van der Waals surface area contributed by atoms with E-state index in [4.69, 9.17) is 17.0 Å². The highest BCUT2D eigenvalue weighted by atomic mass is 32.1. The van der Waals surface area contributed by atoms with Crippen molar-refractivity contribution in [3.8, 4) is 5.75 Å². The summed E-state index contributed by atoms with van der Waals surface area (Å²) in [7, 11) is 0. The molecule has 0 aliphatic carbocycles. The molecule has 1 amide bonds. The largest absolute Gasteiger partial charge is 0.488 e. The van der Waals surface area contributed by atoms with Gasteiger partial charge in [-0.15, -0.1) is 0 Å². The van der Waals surface area contributed by atoms with E-state index in [0.717, 1.165) is 6.07 Å². The Labute approximate surface area is 166 Å². The molecule has 3 aromatic rings. The molecule has 5 nitrogen and oxygen atoms in total. The summed E-state index contributed by atoms with van der Waals surface area (Å²) in [6, 6.07) is 8.02. The highest BCUT2D eigenvalue weighted by molar-refractivity contribution is 7.71. The van der Waals surface area contributed by atoms with Gasteiger partial charge in [0.2, 0.25) is 0 Å². The van der Waals surface area contributed by atoms with Crippen molar-refractivity contribution in [2.45, 2.75) is 26.8 Å². The number of benzene rings is 2. The minimum atomic E-state index is -0.558. The Morgan fingerprint density at radius 2 is 1.93 bits per heavy atom. The molecule has 1 unspecified atom stereocenters. The van der Waals surface area contributed by atoms with E-state index in [2.05, 4.69) is 15.3 Å². The van der Waals surface area contributed by atoms with Crippen LogP contribution in [0.3, 0.4) is 0 Å². The summed E-state index contributed by atoms with van der Waals surface area (Å²) in [4.78, 5) is 18.5. The molecule has 148 valence electrons. The lowest BCUT2D eigenvalue weighted by Gasteiger charge is -2.31. The van der Waals surface area contributed by atoms with Crippen molar-refractivity contribution in [1.29, 1.82) is 0 Å². The van der Waals surface area contributed by atoms with Crippen molar-refractivity contribution in [2.24, 2.45) is 5.41 Å². The molecule has 0 aliphatic rings. The molecule has 3 rings (SSSR count). The third kappa shape index (κ3) is 4.39. The first-order valence-corrected chi connectivity index (χ1v) is 9.15. The zero-order valence-electron chi connectivity index (χ0n) is 15.7. The first kappa shape index (κ1) is 20.0. The number of ether oxygens (including phenoxy) is 1. The lowest BCUT2D eigenvalue weighted by Crippen LogP contribution is -2.47. The second kappa shape index (κ2) is 7.71. The van der Waals surface area contributed by atoms with Crippen molar-refractivity contribution in [3.05, 3.63) is 58.4 Å². The lowest BCUT2D eigenvalue weighted by atomic mass is 9.87. The van der Waals surface area contributed by atoms with Crippen LogP contribution in [0.4, 0.5) is 8.78 Å². The summed E-state index contributed by atoms with van der Waals surface area (Å²) >= 11 is 5.04. The van der Waals surface area contributed by atoms with Crippen molar-refractivity contribution in [2.75, 3.05) is 6.61 Å². The second-order valence-corrected chi connectivity index (χ2v) is 8.00. The van der Waals surface area contributed by atoms with E-state index < -0.39 is 29.0 Å². The molecule has 28 heavy (non-hydrogen) atoms. The maximum atomic E-state index is 13.9. The number of halogens is 2. The average molecular weight is 405 g/mol. The van der Waals surface area contributed by atoms with Crippen molar-refractivity contribution >= 4 is 29.2 Å². The minimum absolute atomic E-state index is 0.0533. The molecule has 0 saturated carbocycles. The molecule has 8 heteroatoms. The van der Waals surface area contributed by atoms with Crippen LogP contribution >= 0.6 is 12.2 Å². The summed E-state index contributed by atoms with van der Waals surface area (Å²) in [5.41, 5.74) is 0.567. The molecule has 0 radical (unpaired) electrons. The highest BCUT2D eigenvalue weighted by Gasteiger charge is 2.28. The van der Waals surface area contributed by atoms with Crippen LogP contribution in [0.5, 0.6) is 5.75 Å². The predicted octanol–water partition coefficient (Wildman–Crippen LogP) is 4.73. The van der Waals surface area contributed by atoms with Crippen LogP contribution in [0.15, 0.2) is 36.4 Å². The number of hydrogen-bond acceptors (Lipinski definition) is 3. The number of hydrogen-bond donors (Lipinski definition) is 3. The van der Waals surface area contributed by atoms with Crippen LogP contribution in [-0.4, -0.2) is 28.5 Å². The summed E-state index contributed by atoms with van der Waals surface area (Å²) in [6.07, 6.45) is 0. The Morgan fingerprint density at radius 1 is 1.21 bits per heavy atom. The second-order valence-electron chi connectivity index (χ2n) is 7.59. The van der Waals surface area contributed by atoms with Gasteiger partial charge < -0.3 is 20.0 Å². The number of H-pyrrole nitrogens is 2. The van der Waals surface area contributed by atoms with Gasteiger partial charge in [-0.05, 0) is 41.9 Å². The minimum Gasteiger partial charge on any atom is -0.488 e. The maximum absolute atomic E-state index is 13.9. The average Bonchev–Trinajstić information content (AvgIpc) is 2.97. The van der Waals surface area contributed by atoms with E-state index in [9.17, 15) is 13.6 Å².